The van der Waals surface area contributed by atoms with Gasteiger partial charge in [-0.15, -0.1) is 0 Å². The highest BCUT2D eigenvalue weighted by atomic mass is 16.7. The summed E-state index contributed by atoms with van der Waals surface area (Å²) in [5, 5.41) is 0. The van der Waals surface area contributed by atoms with Crippen LogP contribution < -0.4 is 0 Å². The number of hydrogen-bond acceptors (Lipinski definition) is 6. The van der Waals surface area contributed by atoms with Crippen molar-refractivity contribution in [2.75, 3.05) is 33.4 Å². The van der Waals surface area contributed by atoms with E-state index in [2.05, 4.69) is 11.9 Å². The normalized spacial score (nSPS) is 35.9. The first-order valence-electron chi connectivity index (χ1n) is 12.1. The number of nitrogens with zero attached hydrogens (tertiary/aromatic N) is 1. The van der Waals surface area contributed by atoms with Gasteiger partial charge in [0.15, 0.2) is 0 Å². The van der Waals surface area contributed by atoms with Crippen LogP contribution in [0.3, 0.4) is 0 Å². The van der Waals surface area contributed by atoms with Crippen LogP contribution in [0.25, 0.3) is 0 Å². The van der Waals surface area contributed by atoms with E-state index >= 15 is 0 Å². The van der Waals surface area contributed by atoms with Crippen LogP contribution in [0.5, 0.6) is 0 Å². The second-order valence-corrected chi connectivity index (χ2v) is 10.9. The van der Waals surface area contributed by atoms with Crippen LogP contribution in [-0.4, -0.2) is 56.5 Å². The van der Waals surface area contributed by atoms with Crippen LogP contribution in [0.15, 0.2) is 0 Å². The molecule has 0 aromatic carbocycles. The van der Waals surface area contributed by atoms with E-state index < -0.39 is 6.16 Å². The van der Waals surface area contributed by atoms with Crippen LogP contribution in [0.4, 0.5) is 4.79 Å². The molecule has 1 heterocycles. The molecule has 4 saturated carbocycles. The lowest BCUT2D eigenvalue weighted by atomic mass is 9.49. The molecule has 6 heteroatoms. The molecule has 0 aromatic heterocycles. The van der Waals surface area contributed by atoms with Crippen molar-refractivity contribution < 1.29 is 23.8 Å². The maximum atomic E-state index is 12.5. The Morgan fingerprint density at radius 1 is 1.00 bits per heavy atom. The van der Waals surface area contributed by atoms with Gasteiger partial charge in [0, 0.05) is 12.0 Å². The van der Waals surface area contributed by atoms with Crippen molar-refractivity contribution in [3.8, 4) is 0 Å². The summed E-state index contributed by atoms with van der Waals surface area (Å²) in [7, 11) is 2.11. The Kier molecular flexibility index (Phi) is 6.91. The lowest BCUT2D eigenvalue weighted by Crippen LogP contribution is -2.47. The van der Waals surface area contributed by atoms with Crippen LogP contribution in [-0.2, 0) is 19.0 Å². The predicted molar refractivity (Wildman–Crippen MR) is 113 cm³/mol. The highest BCUT2D eigenvalue weighted by molar-refractivity contribution is 5.70. The van der Waals surface area contributed by atoms with Crippen molar-refractivity contribution in [3.63, 3.8) is 0 Å². The minimum atomic E-state index is -0.623. The van der Waals surface area contributed by atoms with Gasteiger partial charge in [-0.3, -0.25) is 4.79 Å². The first-order chi connectivity index (χ1) is 14.4. The standard InChI is InChI=1S/C24H39NO5/c1-17(16-30-23(27)28-7-5-21-4-3-6-25(21)2)15-29-22(26)14-24-11-18-8-19(12-24)10-20(9-18)13-24/h17-21H,3-16H2,1-2H3. The summed E-state index contributed by atoms with van der Waals surface area (Å²) in [5.74, 6) is 2.43. The second kappa shape index (κ2) is 9.46. The third-order valence-electron chi connectivity index (χ3n) is 8.04. The zero-order valence-electron chi connectivity index (χ0n) is 18.8. The van der Waals surface area contributed by atoms with Crippen molar-refractivity contribution in [1.82, 2.24) is 4.90 Å². The maximum Gasteiger partial charge on any atom is 0.508 e. The first kappa shape index (κ1) is 21.9. The smallest absolute Gasteiger partial charge is 0.465 e. The Hall–Kier alpha value is -1.30. The molecule has 0 N–H and O–H groups in total. The molecule has 0 radical (unpaired) electrons. The Balaban J connectivity index is 1.08. The van der Waals surface area contributed by atoms with Gasteiger partial charge >= 0.3 is 12.1 Å². The Bertz CT molecular complexity index is 585. The lowest BCUT2D eigenvalue weighted by molar-refractivity contribution is -0.153. The van der Waals surface area contributed by atoms with E-state index in [4.69, 9.17) is 14.2 Å². The van der Waals surface area contributed by atoms with Gasteiger partial charge in [-0.25, -0.2) is 4.79 Å². The monoisotopic (exact) mass is 421 g/mol. The Morgan fingerprint density at radius 3 is 2.23 bits per heavy atom. The summed E-state index contributed by atoms with van der Waals surface area (Å²) < 4.78 is 15.9. The lowest BCUT2D eigenvalue weighted by Gasteiger charge is -2.56. The molecule has 4 bridgehead atoms. The van der Waals surface area contributed by atoms with Crippen molar-refractivity contribution in [3.05, 3.63) is 0 Å². The summed E-state index contributed by atoms with van der Waals surface area (Å²) in [6.07, 6.45) is 11.0. The van der Waals surface area contributed by atoms with Gasteiger partial charge in [0.05, 0.1) is 19.6 Å². The molecule has 30 heavy (non-hydrogen) atoms. The van der Waals surface area contributed by atoms with Crippen LogP contribution in [0.2, 0.25) is 0 Å². The molecule has 4 aliphatic carbocycles. The number of rotatable bonds is 9. The highest BCUT2D eigenvalue weighted by Gasteiger charge is 2.51. The third kappa shape index (κ3) is 5.49. The molecule has 2 unspecified atom stereocenters. The van der Waals surface area contributed by atoms with Gasteiger partial charge < -0.3 is 19.1 Å². The van der Waals surface area contributed by atoms with Crippen molar-refractivity contribution in [2.45, 2.75) is 77.2 Å². The summed E-state index contributed by atoms with van der Waals surface area (Å²) in [5.41, 5.74) is 0.211. The second-order valence-electron chi connectivity index (χ2n) is 10.9. The SMILES string of the molecule is CC(COC(=O)CC12CC3CC(CC(C3)C1)C2)COC(=O)OCCC1CCCN1C. The van der Waals surface area contributed by atoms with E-state index in [1.54, 1.807) is 0 Å². The topological polar surface area (TPSA) is 65.1 Å². The number of carbonyl (C=O) groups is 2. The molecule has 2 atom stereocenters. The first-order valence-corrected chi connectivity index (χ1v) is 12.1. The van der Waals surface area contributed by atoms with E-state index in [9.17, 15) is 9.59 Å². The fourth-order valence-corrected chi connectivity index (χ4v) is 7.02. The largest absolute Gasteiger partial charge is 0.508 e. The van der Waals surface area contributed by atoms with Gasteiger partial charge in [0.25, 0.3) is 0 Å². The molecular formula is C24H39NO5. The molecule has 0 amide bonds. The predicted octanol–water partition coefficient (Wildman–Crippen LogP) is 4.41. The van der Waals surface area contributed by atoms with Crippen molar-refractivity contribution in [1.29, 1.82) is 0 Å². The van der Waals surface area contributed by atoms with Gasteiger partial charge in [0.1, 0.15) is 6.61 Å². The summed E-state index contributed by atoms with van der Waals surface area (Å²) in [6.45, 7) is 3.95. The van der Waals surface area contributed by atoms with E-state index in [0.29, 0.717) is 25.7 Å². The molecule has 1 saturated heterocycles. The number of carbonyl (C=O) groups excluding carboxylic acids is 2. The summed E-state index contributed by atoms with van der Waals surface area (Å²) in [4.78, 5) is 26.6. The zero-order valence-corrected chi connectivity index (χ0v) is 18.8. The number of esters is 1. The van der Waals surface area contributed by atoms with Crippen LogP contribution in [0.1, 0.15) is 71.1 Å². The van der Waals surface area contributed by atoms with Gasteiger partial charge in [-0.2, -0.15) is 0 Å². The molecular weight excluding hydrogens is 382 g/mol. The van der Waals surface area contributed by atoms with Crippen LogP contribution in [0, 0.1) is 29.1 Å². The van der Waals surface area contributed by atoms with E-state index in [-0.39, 0.29) is 23.9 Å². The number of ether oxygens (including phenoxy) is 3. The van der Waals surface area contributed by atoms with Gasteiger partial charge in [-0.05, 0) is 94.5 Å². The van der Waals surface area contributed by atoms with Crippen LogP contribution >= 0.6 is 0 Å². The van der Waals surface area contributed by atoms with Gasteiger partial charge in [-0.1, -0.05) is 6.92 Å². The minimum absolute atomic E-state index is 0.0289. The molecule has 6 nitrogen and oxygen atoms in total. The molecule has 170 valence electrons. The van der Waals surface area contributed by atoms with Crippen molar-refractivity contribution >= 4 is 12.1 Å². The molecule has 0 spiro atoms. The third-order valence-corrected chi connectivity index (χ3v) is 8.04. The molecule has 5 rings (SSSR count). The fourth-order valence-electron chi connectivity index (χ4n) is 7.02. The van der Waals surface area contributed by atoms with E-state index in [1.165, 1.54) is 51.4 Å². The van der Waals surface area contributed by atoms with E-state index in [0.717, 1.165) is 30.7 Å². The molecule has 5 aliphatic rings. The van der Waals surface area contributed by atoms with Crippen molar-refractivity contribution in [2.24, 2.45) is 29.1 Å². The molecule has 1 aliphatic heterocycles. The Morgan fingerprint density at radius 2 is 1.63 bits per heavy atom. The zero-order chi connectivity index (χ0) is 21.1. The maximum absolute atomic E-state index is 12.5. The highest BCUT2D eigenvalue weighted by Crippen LogP contribution is 2.61. The number of hydrogen-bond donors (Lipinski definition) is 0. The molecule has 5 fully saturated rings. The summed E-state index contributed by atoms with van der Waals surface area (Å²) in [6, 6.07) is 0.505. The summed E-state index contributed by atoms with van der Waals surface area (Å²) >= 11 is 0. The minimum Gasteiger partial charge on any atom is -0.465 e. The molecule has 0 aromatic rings. The van der Waals surface area contributed by atoms with Gasteiger partial charge in [0.2, 0.25) is 0 Å². The average molecular weight is 422 g/mol. The Labute approximate surface area is 181 Å². The fraction of sp³-hybridized carbons (Fsp3) is 0.917. The average Bonchev–Trinajstić information content (AvgIpc) is 3.08. The quantitative estimate of drug-likeness (QED) is 0.514. The van der Waals surface area contributed by atoms with E-state index in [1.807, 2.05) is 6.92 Å². The number of likely N-dealkylation sites (tertiary alicyclic amines) is 1.